The first-order valence-corrected chi connectivity index (χ1v) is 23.4. The van der Waals surface area contributed by atoms with E-state index in [-0.39, 0.29) is 138 Å². The van der Waals surface area contributed by atoms with Gasteiger partial charge in [-0.2, -0.15) is 0 Å². The van der Waals surface area contributed by atoms with E-state index < -0.39 is 46.6 Å². The van der Waals surface area contributed by atoms with Gasteiger partial charge >= 0.3 is 17.9 Å². The quantitative estimate of drug-likeness (QED) is 0.0287. The Kier molecular flexibility index (Phi) is 31.0. The summed E-state index contributed by atoms with van der Waals surface area (Å²) in [5.74, 6) is -5.52. The second-order valence-electron chi connectivity index (χ2n) is 15.5. The molecule has 1 fully saturated rings. The predicted molar refractivity (Wildman–Crippen MR) is 236 cm³/mol. The molecule has 22 nitrogen and oxygen atoms in total. The van der Waals surface area contributed by atoms with E-state index in [9.17, 15) is 53.4 Å². The zero-order chi connectivity index (χ0) is 47.8. The third kappa shape index (κ3) is 30.1. The summed E-state index contributed by atoms with van der Waals surface area (Å²) < 4.78 is 20.6. The van der Waals surface area contributed by atoms with Crippen LogP contribution in [0.4, 0.5) is 0 Å². The van der Waals surface area contributed by atoms with E-state index in [1.54, 1.807) is 13.8 Å². The van der Waals surface area contributed by atoms with Crippen LogP contribution in [0, 0.1) is 11.8 Å². The first-order chi connectivity index (χ1) is 30.4. The van der Waals surface area contributed by atoms with Crippen molar-refractivity contribution in [1.29, 1.82) is 0 Å². The fourth-order valence-electron chi connectivity index (χ4n) is 6.11. The Morgan fingerprint density at radius 3 is 1.75 bits per heavy atom. The number of carboxylic acid groups (broad SMARTS) is 3. The van der Waals surface area contributed by atoms with Crippen molar-refractivity contribution in [2.75, 3.05) is 90.1 Å². The molecule has 1 aliphatic carbocycles. The Morgan fingerprint density at radius 2 is 1.17 bits per heavy atom. The number of carbonyl (C=O) groups excluding carboxylic acids is 6. The van der Waals surface area contributed by atoms with Crippen LogP contribution in [0.1, 0.15) is 78.1 Å². The van der Waals surface area contributed by atoms with Gasteiger partial charge in [-0.3, -0.25) is 33.6 Å². The monoisotopic (exact) mass is 998 g/mol. The number of rotatable bonds is 37. The number of hydrogen-bond acceptors (Lipinski definition) is 14. The maximum Gasteiger partial charge on any atom is 0.326 e. The number of carbonyl (C=O) groups is 9. The molecule has 24 heteroatoms. The van der Waals surface area contributed by atoms with Crippen molar-refractivity contribution in [2.24, 2.45) is 11.8 Å². The van der Waals surface area contributed by atoms with Crippen molar-refractivity contribution in [3.8, 4) is 0 Å². The maximum absolute atomic E-state index is 12.9. The van der Waals surface area contributed by atoms with Crippen molar-refractivity contribution >= 4 is 81.0 Å². The summed E-state index contributed by atoms with van der Waals surface area (Å²) in [6.45, 7) is 4.96. The summed E-state index contributed by atoms with van der Waals surface area (Å²) in [5.41, 5.74) is 0. The standard InChI is InChI=1S/C40H67BrN6O16S/c1-40(2,21-36(53)54)64-26-35(52)45-23-27-6-8-28(9-7-27)37(55)47-30(39(58)59)10-11-31(48)43-13-15-60-17-19-62-24-33(50)44-14-16-61-18-20-63-25-34(51)46-29(38(56)57)5-3-4-12-42-32(49)22-41/h27-30H,3-26H2,1-2H3,(H,42,49)(H,43,48)(H,44,50)(H,45,52)(H,46,51)(H,47,55)(H,53,54)(H,56,57)(H,58,59). The van der Waals surface area contributed by atoms with Gasteiger partial charge in [0.1, 0.15) is 25.3 Å². The topological polar surface area (TPSA) is 323 Å². The number of thioether (sulfide) groups is 1. The summed E-state index contributed by atoms with van der Waals surface area (Å²) >= 11 is 4.31. The lowest BCUT2D eigenvalue weighted by Crippen LogP contribution is -2.45. The third-order valence-corrected chi connectivity index (χ3v) is 11.4. The lowest BCUT2D eigenvalue weighted by Gasteiger charge is -2.29. The van der Waals surface area contributed by atoms with E-state index in [0.717, 1.165) is 0 Å². The normalized spacial score (nSPS) is 15.8. The molecule has 0 aromatic carbocycles. The number of halogens is 1. The molecule has 0 spiro atoms. The van der Waals surface area contributed by atoms with Crippen LogP contribution in [-0.2, 0) is 62.1 Å². The number of nitrogens with one attached hydrogen (secondary N) is 6. The second-order valence-corrected chi connectivity index (χ2v) is 17.8. The van der Waals surface area contributed by atoms with Crippen LogP contribution < -0.4 is 31.9 Å². The molecule has 0 aliphatic heterocycles. The van der Waals surface area contributed by atoms with Crippen molar-refractivity contribution in [1.82, 2.24) is 31.9 Å². The maximum atomic E-state index is 12.9. The summed E-state index contributed by atoms with van der Waals surface area (Å²) in [4.78, 5) is 107. The Morgan fingerprint density at radius 1 is 0.625 bits per heavy atom. The Hall–Kier alpha value is -4.10. The van der Waals surface area contributed by atoms with Crippen LogP contribution in [0.15, 0.2) is 0 Å². The van der Waals surface area contributed by atoms with Crippen LogP contribution in [0.25, 0.3) is 0 Å². The van der Waals surface area contributed by atoms with Crippen LogP contribution >= 0.6 is 27.7 Å². The number of hydrogen-bond donors (Lipinski definition) is 9. The number of ether oxygens (including phenoxy) is 4. The van der Waals surface area contributed by atoms with Crippen molar-refractivity contribution in [2.45, 2.75) is 94.9 Å². The van der Waals surface area contributed by atoms with Gasteiger partial charge < -0.3 is 66.2 Å². The fraction of sp³-hybridized carbons (Fsp3) is 0.775. The molecule has 9 N–H and O–H groups in total. The highest BCUT2D eigenvalue weighted by atomic mass is 79.9. The zero-order valence-corrected chi connectivity index (χ0v) is 39.1. The third-order valence-electron chi connectivity index (χ3n) is 9.59. The molecule has 1 aliphatic rings. The van der Waals surface area contributed by atoms with E-state index in [4.69, 9.17) is 24.1 Å². The summed E-state index contributed by atoms with van der Waals surface area (Å²) in [5, 5.41) is 43.9. The Balaban J connectivity index is 2.07. The van der Waals surface area contributed by atoms with Crippen LogP contribution in [0.5, 0.6) is 0 Å². The molecule has 2 unspecified atom stereocenters. The van der Waals surface area contributed by atoms with Crippen molar-refractivity contribution in [3.63, 3.8) is 0 Å². The van der Waals surface area contributed by atoms with E-state index in [2.05, 4.69) is 47.8 Å². The van der Waals surface area contributed by atoms with Gasteiger partial charge in [0.25, 0.3) is 0 Å². The molecule has 0 saturated heterocycles. The SMILES string of the molecule is CC(C)(CC(=O)O)SCC(=O)NCC1CCC(C(=O)NC(CCC(=O)NCCOCCOCC(=O)NCCOCCOCC(=O)NC(CCCCNC(=O)CBr)C(=O)O)C(=O)O)CC1. The lowest BCUT2D eigenvalue weighted by atomic mass is 9.81. The molecule has 2 atom stereocenters. The predicted octanol–water partition coefficient (Wildman–Crippen LogP) is -0.205. The molecule has 6 amide bonds. The van der Waals surface area contributed by atoms with Crippen LogP contribution in [0.2, 0.25) is 0 Å². The summed E-state index contributed by atoms with van der Waals surface area (Å²) in [6, 6.07) is -2.31. The lowest BCUT2D eigenvalue weighted by molar-refractivity contribution is -0.143. The molecular weight excluding hydrogens is 932 g/mol. The fourth-order valence-corrected chi connectivity index (χ4v) is 7.16. The molecular formula is C40H67BrN6O16S. The molecule has 0 heterocycles. The number of alkyl halides is 1. The Labute approximate surface area is 386 Å². The van der Waals surface area contributed by atoms with Gasteiger partial charge in [0.15, 0.2) is 0 Å². The number of unbranched alkanes of at least 4 members (excludes halogenated alkanes) is 1. The minimum Gasteiger partial charge on any atom is -0.481 e. The van der Waals surface area contributed by atoms with E-state index in [0.29, 0.717) is 51.6 Å². The largest absolute Gasteiger partial charge is 0.481 e. The number of aliphatic carboxylic acids is 3. The molecule has 0 aromatic heterocycles. The minimum atomic E-state index is -1.25. The second kappa shape index (κ2) is 34.3. The van der Waals surface area contributed by atoms with Gasteiger partial charge in [0.2, 0.25) is 35.4 Å². The highest BCUT2D eigenvalue weighted by Gasteiger charge is 2.30. The molecule has 1 saturated carbocycles. The van der Waals surface area contributed by atoms with Gasteiger partial charge in [0, 0.05) is 43.3 Å². The van der Waals surface area contributed by atoms with E-state index in [1.807, 2.05) is 0 Å². The van der Waals surface area contributed by atoms with Crippen molar-refractivity contribution < 1.29 is 77.4 Å². The van der Waals surface area contributed by atoms with Gasteiger partial charge in [-0.25, -0.2) is 9.59 Å². The molecule has 64 heavy (non-hydrogen) atoms. The average molecular weight is 1000 g/mol. The number of carboxylic acids is 3. The highest BCUT2D eigenvalue weighted by molar-refractivity contribution is 9.09. The molecule has 0 radical (unpaired) electrons. The average Bonchev–Trinajstić information content (AvgIpc) is 3.24. The molecule has 0 bridgehead atoms. The molecule has 0 aromatic rings. The van der Waals surface area contributed by atoms with E-state index in [1.165, 1.54) is 11.8 Å². The van der Waals surface area contributed by atoms with Crippen LogP contribution in [0.3, 0.4) is 0 Å². The smallest absolute Gasteiger partial charge is 0.326 e. The Bertz CT molecular complexity index is 1490. The highest BCUT2D eigenvalue weighted by Crippen LogP contribution is 2.30. The molecule has 366 valence electrons. The van der Waals surface area contributed by atoms with Crippen LogP contribution in [-0.4, -0.2) is 176 Å². The zero-order valence-electron chi connectivity index (χ0n) is 36.7. The first-order valence-electron chi connectivity index (χ1n) is 21.3. The summed E-state index contributed by atoms with van der Waals surface area (Å²) in [7, 11) is 0. The van der Waals surface area contributed by atoms with Gasteiger partial charge in [-0.05, 0) is 57.3 Å². The van der Waals surface area contributed by atoms with Gasteiger partial charge in [0.05, 0.1) is 57.1 Å². The van der Waals surface area contributed by atoms with Gasteiger partial charge in [-0.1, -0.05) is 29.8 Å². The minimum absolute atomic E-state index is 0.0579. The van der Waals surface area contributed by atoms with Crippen molar-refractivity contribution in [3.05, 3.63) is 0 Å². The summed E-state index contributed by atoms with van der Waals surface area (Å²) in [6.07, 6.45) is 3.38. The van der Waals surface area contributed by atoms with Gasteiger partial charge in [-0.15, -0.1) is 11.8 Å². The van der Waals surface area contributed by atoms with E-state index >= 15 is 0 Å². The molecule has 1 rings (SSSR count). The first kappa shape index (κ1) is 57.9. The number of amides is 6.